The molecular weight excluding hydrogens is 148 g/mol. The van der Waals surface area contributed by atoms with E-state index in [0.717, 1.165) is 25.7 Å². The SMILES string of the molecule is N#CC1CC2CC(C#N)CC2C1. The summed E-state index contributed by atoms with van der Waals surface area (Å²) in [4.78, 5) is 0. The molecule has 2 saturated carbocycles. The van der Waals surface area contributed by atoms with Crippen molar-refractivity contribution < 1.29 is 0 Å². The Labute approximate surface area is 72.8 Å². The van der Waals surface area contributed by atoms with Gasteiger partial charge in [0.1, 0.15) is 0 Å². The number of nitrogens with zero attached hydrogens (tertiary/aromatic N) is 2. The molecule has 0 aliphatic heterocycles. The van der Waals surface area contributed by atoms with E-state index in [1.165, 1.54) is 0 Å². The lowest BCUT2D eigenvalue weighted by Gasteiger charge is -2.03. The van der Waals surface area contributed by atoms with E-state index in [0.29, 0.717) is 23.7 Å². The van der Waals surface area contributed by atoms with Crippen LogP contribution in [0.15, 0.2) is 0 Å². The maximum absolute atomic E-state index is 8.73. The molecular formula is C10H12N2. The first-order valence-corrected chi connectivity index (χ1v) is 4.62. The summed E-state index contributed by atoms with van der Waals surface area (Å²) in [7, 11) is 0. The first-order valence-electron chi connectivity index (χ1n) is 4.62. The molecule has 0 N–H and O–H groups in total. The number of nitriles is 2. The summed E-state index contributed by atoms with van der Waals surface area (Å²) in [6, 6.07) is 4.68. The van der Waals surface area contributed by atoms with Crippen LogP contribution in [0.1, 0.15) is 25.7 Å². The van der Waals surface area contributed by atoms with Crippen molar-refractivity contribution >= 4 is 0 Å². The van der Waals surface area contributed by atoms with Crippen molar-refractivity contribution in [2.24, 2.45) is 23.7 Å². The van der Waals surface area contributed by atoms with Crippen molar-refractivity contribution in [2.75, 3.05) is 0 Å². The van der Waals surface area contributed by atoms with Crippen molar-refractivity contribution in [3.8, 4) is 12.1 Å². The zero-order chi connectivity index (χ0) is 8.55. The lowest BCUT2D eigenvalue weighted by atomic mass is 10.0. The van der Waals surface area contributed by atoms with Gasteiger partial charge in [-0.1, -0.05) is 0 Å². The van der Waals surface area contributed by atoms with E-state index < -0.39 is 0 Å². The van der Waals surface area contributed by atoms with Gasteiger partial charge >= 0.3 is 0 Å². The Morgan fingerprint density at radius 1 is 0.750 bits per heavy atom. The lowest BCUT2D eigenvalue weighted by molar-refractivity contribution is 0.457. The summed E-state index contributed by atoms with van der Waals surface area (Å²) in [5.74, 6) is 1.97. The Balaban J connectivity index is 1.99. The second-order valence-electron chi connectivity index (χ2n) is 4.12. The van der Waals surface area contributed by atoms with E-state index in [2.05, 4.69) is 12.1 Å². The van der Waals surface area contributed by atoms with Crippen LogP contribution in [-0.4, -0.2) is 0 Å². The third kappa shape index (κ3) is 1.08. The molecule has 2 nitrogen and oxygen atoms in total. The van der Waals surface area contributed by atoms with Crippen molar-refractivity contribution in [3.63, 3.8) is 0 Å². The number of fused-ring (bicyclic) bond motifs is 1. The minimum Gasteiger partial charge on any atom is -0.198 e. The van der Waals surface area contributed by atoms with Gasteiger partial charge in [-0.25, -0.2) is 0 Å². The highest BCUT2D eigenvalue weighted by atomic mass is 14.5. The lowest BCUT2D eigenvalue weighted by Crippen LogP contribution is -1.96. The molecule has 12 heavy (non-hydrogen) atoms. The van der Waals surface area contributed by atoms with E-state index in [1.807, 2.05) is 0 Å². The van der Waals surface area contributed by atoms with Crippen LogP contribution >= 0.6 is 0 Å². The van der Waals surface area contributed by atoms with Gasteiger partial charge in [-0.2, -0.15) is 10.5 Å². The summed E-state index contributed by atoms with van der Waals surface area (Å²) in [5.41, 5.74) is 0. The van der Waals surface area contributed by atoms with Crippen LogP contribution < -0.4 is 0 Å². The Morgan fingerprint density at radius 2 is 1.08 bits per heavy atom. The van der Waals surface area contributed by atoms with Crippen LogP contribution in [0.3, 0.4) is 0 Å². The fourth-order valence-corrected chi connectivity index (χ4v) is 2.83. The third-order valence-corrected chi connectivity index (χ3v) is 3.38. The molecule has 0 saturated heterocycles. The summed E-state index contributed by atoms with van der Waals surface area (Å²) in [6.45, 7) is 0. The second-order valence-corrected chi connectivity index (χ2v) is 4.12. The molecule has 0 unspecified atom stereocenters. The third-order valence-electron chi connectivity index (χ3n) is 3.38. The molecule has 0 atom stereocenters. The highest BCUT2D eigenvalue weighted by molar-refractivity contribution is 5.02. The fourth-order valence-electron chi connectivity index (χ4n) is 2.83. The average Bonchev–Trinajstić information content (AvgIpc) is 2.59. The monoisotopic (exact) mass is 160 g/mol. The zero-order valence-corrected chi connectivity index (χ0v) is 7.03. The Kier molecular flexibility index (Phi) is 1.77. The van der Waals surface area contributed by atoms with Crippen LogP contribution in [0.5, 0.6) is 0 Å². The minimum absolute atomic E-state index is 0.291. The van der Waals surface area contributed by atoms with Crippen LogP contribution in [0.25, 0.3) is 0 Å². The Morgan fingerprint density at radius 3 is 1.33 bits per heavy atom. The van der Waals surface area contributed by atoms with Gasteiger partial charge in [0.25, 0.3) is 0 Å². The van der Waals surface area contributed by atoms with Gasteiger partial charge in [-0.3, -0.25) is 0 Å². The van der Waals surface area contributed by atoms with Gasteiger partial charge in [0.15, 0.2) is 0 Å². The molecule has 0 bridgehead atoms. The van der Waals surface area contributed by atoms with Crippen LogP contribution in [0.2, 0.25) is 0 Å². The van der Waals surface area contributed by atoms with E-state index in [9.17, 15) is 0 Å². The molecule has 0 heterocycles. The van der Waals surface area contributed by atoms with Gasteiger partial charge in [0, 0.05) is 11.8 Å². The van der Waals surface area contributed by atoms with Crippen LogP contribution in [-0.2, 0) is 0 Å². The molecule has 0 radical (unpaired) electrons. The molecule has 2 aliphatic carbocycles. The van der Waals surface area contributed by atoms with Crippen molar-refractivity contribution in [2.45, 2.75) is 25.7 Å². The standard InChI is InChI=1S/C10H12N2/c11-5-7-1-9-3-8(6-12)4-10(9)2-7/h7-10H,1-4H2. The molecule has 2 aliphatic rings. The predicted molar refractivity (Wildman–Crippen MR) is 43.7 cm³/mol. The highest BCUT2D eigenvalue weighted by Gasteiger charge is 2.41. The maximum Gasteiger partial charge on any atom is 0.0655 e. The van der Waals surface area contributed by atoms with Crippen LogP contribution in [0.4, 0.5) is 0 Å². The maximum atomic E-state index is 8.73. The van der Waals surface area contributed by atoms with E-state index in [1.54, 1.807) is 0 Å². The number of hydrogen-bond acceptors (Lipinski definition) is 2. The second kappa shape index (κ2) is 2.79. The normalized spacial score (nSPS) is 44.8. The highest BCUT2D eigenvalue weighted by Crippen LogP contribution is 2.48. The van der Waals surface area contributed by atoms with Gasteiger partial charge in [-0.05, 0) is 37.5 Å². The van der Waals surface area contributed by atoms with Gasteiger partial charge < -0.3 is 0 Å². The molecule has 2 rings (SSSR count). The average molecular weight is 160 g/mol. The van der Waals surface area contributed by atoms with Crippen molar-refractivity contribution in [3.05, 3.63) is 0 Å². The number of rotatable bonds is 0. The quantitative estimate of drug-likeness (QED) is 0.544. The molecule has 62 valence electrons. The summed E-state index contributed by atoms with van der Waals surface area (Å²) < 4.78 is 0. The van der Waals surface area contributed by atoms with E-state index >= 15 is 0 Å². The van der Waals surface area contributed by atoms with Gasteiger partial charge in [-0.15, -0.1) is 0 Å². The largest absolute Gasteiger partial charge is 0.198 e. The molecule has 0 aromatic carbocycles. The molecule has 0 aromatic heterocycles. The number of hydrogen-bond donors (Lipinski definition) is 0. The molecule has 0 aromatic rings. The Bertz CT molecular complexity index is 218. The first-order chi connectivity index (χ1) is 5.83. The topological polar surface area (TPSA) is 47.6 Å². The first kappa shape index (κ1) is 7.62. The van der Waals surface area contributed by atoms with Gasteiger partial charge in [0.05, 0.1) is 12.1 Å². The van der Waals surface area contributed by atoms with Crippen molar-refractivity contribution in [1.29, 1.82) is 10.5 Å². The van der Waals surface area contributed by atoms with Crippen molar-refractivity contribution in [1.82, 2.24) is 0 Å². The molecule has 0 spiro atoms. The Hall–Kier alpha value is -1.02. The van der Waals surface area contributed by atoms with E-state index in [-0.39, 0.29) is 0 Å². The predicted octanol–water partition coefficient (Wildman–Crippen LogP) is 2.09. The van der Waals surface area contributed by atoms with Crippen LogP contribution in [0, 0.1) is 46.3 Å². The summed E-state index contributed by atoms with van der Waals surface area (Å²) >= 11 is 0. The zero-order valence-electron chi connectivity index (χ0n) is 7.03. The molecule has 2 fully saturated rings. The van der Waals surface area contributed by atoms with Gasteiger partial charge in [0.2, 0.25) is 0 Å². The molecule has 2 heteroatoms. The smallest absolute Gasteiger partial charge is 0.0655 e. The summed E-state index contributed by atoms with van der Waals surface area (Å²) in [6.07, 6.45) is 4.22. The van der Waals surface area contributed by atoms with E-state index in [4.69, 9.17) is 10.5 Å². The minimum atomic E-state index is 0.291. The summed E-state index contributed by atoms with van der Waals surface area (Å²) in [5, 5.41) is 17.5. The molecule has 0 amide bonds. The fraction of sp³-hybridized carbons (Fsp3) is 0.800.